The van der Waals surface area contributed by atoms with Crippen LogP contribution in [0.2, 0.25) is 0 Å². The Labute approximate surface area is 110 Å². The molecule has 0 aliphatic carbocycles. The number of hydrogen-bond acceptors (Lipinski definition) is 2. The van der Waals surface area contributed by atoms with Gasteiger partial charge < -0.3 is 5.32 Å². The molecule has 4 heteroatoms. The van der Waals surface area contributed by atoms with Gasteiger partial charge in [-0.15, -0.1) is 0 Å². The lowest BCUT2D eigenvalue weighted by molar-refractivity contribution is 0.102. The fraction of sp³-hybridized carbons (Fsp3) is 0.0667. The molecule has 0 unspecified atom stereocenters. The number of fused-ring (bicyclic) bond motifs is 1. The maximum atomic E-state index is 12.1. The molecule has 2 aromatic heterocycles. The Balaban J connectivity index is 1.83. The summed E-state index contributed by atoms with van der Waals surface area (Å²) in [6.07, 6.45) is 3.54. The lowest BCUT2D eigenvalue weighted by atomic mass is 10.1. The molecule has 1 aromatic carbocycles. The van der Waals surface area contributed by atoms with Crippen LogP contribution in [0, 0.1) is 6.92 Å². The van der Waals surface area contributed by atoms with E-state index in [9.17, 15) is 4.79 Å². The molecule has 3 rings (SSSR count). The van der Waals surface area contributed by atoms with Gasteiger partial charge in [0.2, 0.25) is 0 Å². The van der Waals surface area contributed by atoms with Crippen LogP contribution in [0.25, 0.3) is 5.52 Å². The van der Waals surface area contributed by atoms with Crippen LogP contribution in [0.4, 0.5) is 5.69 Å². The largest absolute Gasteiger partial charge is 0.322 e. The molecule has 0 bridgehead atoms. The number of aromatic nitrogens is 2. The fourth-order valence-corrected chi connectivity index (χ4v) is 1.91. The van der Waals surface area contributed by atoms with E-state index in [2.05, 4.69) is 10.4 Å². The van der Waals surface area contributed by atoms with Gasteiger partial charge in [0.05, 0.1) is 5.52 Å². The van der Waals surface area contributed by atoms with Gasteiger partial charge in [-0.1, -0.05) is 17.7 Å². The van der Waals surface area contributed by atoms with Crippen LogP contribution in [0.1, 0.15) is 15.9 Å². The van der Waals surface area contributed by atoms with Gasteiger partial charge in [0, 0.05) is 23.6 Å². The first-order valence-corrected chi connectivity index (χ1v) is 6.04. The van der Waals surface area contributed by atoms with Crippen molar-refractivity contribution in [2.24, 2.45) is 0 Å². The van der Waals surface area contributed by atoms with Crippen molar-refractivity contribution < 1.29 is 4.79 Å². The molecule has 3 aromatic rings. The number of amides is 1. The molecular weight excluding hydrogens is 238 g/mol. The smallest absolute Gasteiger partial charge is 0.255 e. The summed E-state index contributed by atoms with van der Waals surface area (Å²) in [5.41, 5.74) is 3.50. The molecule has 19 heavy (non-hydrogen) atoms. The van der Waals surface area contributed by atoms with Crippen molar-refractivity contribution in [1.29, 1.82) is 0 Å². The number of pyridine rings is 1. The molecule has 1 amide bonds. The first-order valence-electron chi connectivity index (χ1n) is 6.04. The number of carbonyl (C=O) groups is 1. The molecule has 4 nitrogen and oxygen atoms in total. The van der Waals surface area contributed by atoms with Crippen LogP contribution in [-0.2, 0) is 0 Å². The molecule has 0 fully saturated rings. The highest BCUT2D eigenvalue weighted by Crippen LogP contribution is 2.13. The van der Waals surface area contributed by atoms with Gasteiger partial charge in [-0.25, -0.2) is 4.52 Å². The van der Waals surface area contributed by atoms with E-state index in [0.29, 0.717) is 5.56 Å². The van der Waals surface area contributed by atoms with Crippen LogP contribution in [-0.4, -0.2) is 15.5 Å². The number of rotatable bonds is 2. The Hall–Kier alpha value is -2.62. The Kier molecular flexibility index (Phi) is 2.76. The highest BCUT2D eigenvalue weighted by molar-refractivity contribution is 6.04. The molecular formula is C15H13N3O. The zero-order chi connectivity index (χ0) is 13.2. The zero-order valence-corrected chi connectivity index (χ0v) is 10.5. The fourth-order valence-electron chi connectivity index (χ4n) is 1.91. The number of nitrogens with one attached hydrogen (secondary N) is 1. The molecule has 1 N–H and O–H groups in total. The van der Waals surface area contributed by atoms with Crippen molar-refractivity contribution in [3.63, 3.8) is 0 Å². The lowest BCUT2D eigenvalue weighted by Crippen LogP contribution is -2.11. The number of anilines is 1. The highest BCUT2D eigenvalue weighted by Gasteiger charge is 2.06. The predicted octanol–water partition coefficient (Wildman–Crippen LogP) is 2.90. The van der Waals surface area contributed by atoms with Gasteiger partial charge in [0.1, 0.15) is 0 Å². The predicted molar refractivity (Wildman–Crippen MR) is 74.3 cm³/mol. The second-order valence-electron chi connectivity index (χ2n) is 4.44. The van der Waals surface area contributed by atoms with E-state index in [4.69, 9.17) is 0 Å². The maximum Gasteiger partial charge on any atom is 0.255 e. The average molecular weight is 251 g/mol. The Morgan fingerprint density at radius 3 is 2.74 bits per heavy atom. The van der Waals surface area contributed by atoms with Gasteiger partial charge in [-0.3, -0.25) is 4.79 Å². The molecule has 0 spiro atoms. The van der Waals surface area contributed by atoms with Crippen molar-refractivity contribution in [2.45, 2.75) is 6.92 Å². The summed E-state index contributed by atoms with van der Waals surface area (Å²) in [4.78, 5) is 12.1. The van der Waals surface area contributed by atoms with Crippen LogP contribution in [0.15, 0.2) is 54.9 Å². The van der Waals surface area contributed by atoms with Gasteiger partial charge in [0.25, 0.3) is 5.91 Å². The quantitative estimate of drug-likeness (QED) is 0.761. The zero-order valence-electron chi connectivity index (χ0n) is 10.5. The summed E-state index contributed by atoms with van der Waals surface area (Å²) in [7, 11) is 0. The minimum atomic E-state index is -0.108. The first kappa shape index (κ1) is 11.5. The minimum absolute atomic E-state index is 0.108. The van der Waals surface area contributed by atoms with Crippen molar-refractivity contribution in [2.75, 3.05) is 5.32 Å². The lowest BCUT2D eigenvalue weighted by Gasteiger charge is -2.06. The summed E-state index contributed by atoms with van der Waals surface area (Å²) in [6, 6.07) is 13.1. The van der Waals surface area contributed by atoms with Gasteiger partial charge in [0.15, 0.2) is 0 Å². The van der Waals surface area contributed by atoms with Crippen molar-refractivity contribution in [1.82, 2.24) is 9.61 Å². The van der Waals surface area contributed by atoms with E-state index in [-0.39, 0.29) is 5.91 Å². The summed E-state index contributed by atoms with van der Waals surface area (Å²) < 4.78 is 1.75. The van der Waals surface area contributed by atoms with Crippen molar-refractivity contribution in [3.8, 4) is 0 Å². The van der Waals surface area contributed by atoms with Crippen molar-refractivity contribution >= 4 is 17.1 Å². The maximum absolute atomic E-state index is 12.1. The second kappa shape index (κ2) is 4.57. The number of benzene rings is 1. The van der Waals surface area contributed by atoms with Crippen LogP contribution < -0.4 is 5.32 Å². The molecule has 0 saturated carbocycles. The molecule has 0 aliphatic rings. The number of aryl methyl sites for hydroxylation is 1. The Morgan fingerprint density at radius 2 is 1.95 bits per heavy atom. The number of nitrogens with zero attached hydrogens (tertiary/aromatic N) is 2. The highest BCUT2D eigenvalue weighted by atomic mass is 16.1. The molecule has 0 atom stereocenters. The minimum Gasteiger partial charge on any atom is -0.322 e. The Bertz CT molecular complexity index is 728. The van der Waals surface area contributed by atoms with Gasteiger partial charge in [-0.05, 0) is 37.3 Å². The van der Waals surface area contributed by atoms with E-state index in [1.54, 1.807) is 10.7 Å². The molecule has 2 heterocycles. The Morgan fingerprint density at radius 1 is 1.16 bits per heavy atom. The van der Waals surface area contributed by atoms with Crippen molar-refractivity contribution in [3.05, 3.63) is 66.0 Å². The molecule has 0 saturated heterocycles. The number of hydrogen-bond donors (Lipinski definition) is 1. The normalized spacial score (nSPS) is 10.6. The standard InChI is InChI=1S/C15H13N3O/c1-11-2-4-12(5-3-11)15(19)17-13-7-9-18-14(10-13)6-8-16-18/h2-10H,1H3,(H,17,19). The van der Waals surface area contributed by atoms with E-state index in [1.165, 1.54) is 0 Å². The first-order chi connectivity index (χ1) is 9.22. The molecule has 0 aliphatic heterocycles. The van der Waals surface area contributed by atoms with Gasteiger partial charge >= 0.3 is 0 Å². The van der Waals surface area contributed by atoms with E-state index >= 15 is 0 Å². The summed E-state index contributed by atoms with van der Waals surface area (Å²) >= 11 is 0. The third kappa shape index (κ3) is 2.33. The molecule has 94 valence electrons. The summed E-state index contributed by atoms with van der Waals surface area (Å²) in [5, 5.41) is 6.99. The topological polar surface area (TPSA) is 46.4 Å². The van der Waals surface area contributed by atoms with Gasteiger partial charge in [-0.2, -0.15) is 5.10 Å². The van der Waals surface area contributed by atoms with Crippen LogP contribution in [0.5, 0.6) is 0 Å². The van der Waals surface area contributed by atoms with Crippen LogP contribution in [0.3, 0.4) is 0 Å². The summed E-state index contributed by atoms with van der Waals surface area (Å²) in [6.45, 7) is 2.00. The second-order valence-corrected chi connectivity index (χ2v) is 4.44. The van der Waals surface area contributed by atoms with E-state index < -0.39 is 0 Å². The number of carbonyl (C=O) groups excluding carboxylic acids is 1. The monoisotopic (exact) mass is 251 g/mol. The third-order valence-electron chi connectivity index (χ3n) is 2.97. The third-order valence-corrected chi connectivity index (χ3v) is 2.97. The SMILES string of the molecule is Cc1ccc(C(=O)Nc2ccn3nccc3c2)cc1. The van der Waals surface area contributed by atoms with E-state index in [1.807, 2.05) is 55.6 Å². The van der Waals surface area contributed by atoms with E-state index in [0.717, 1.165) is 16.8 Å². The summed E-state index contributed by atoms with van der Waals surface area (Å²) in [5.74, 6) is -0.108. The average Bonchev–Trinajstić information content (AvgIpc) is 2.87. The van der Waals surface area contributed by atoms with Crippen LogP contribution >= 0.6 is 0 Å². The molecule has 0 radical (unpaired) electrons.